The Morgan fingerprint density at radius 1 is 1.39 bits per heavy atom. The highest BCUT2D eigenvalue weighted by molar-refractivity contribution is 6.31. The smallest absolute Gasteiger partial charge is 0.276 e. The Morgan fingerprint density at radius 3 is 3.04 bits per heavy atom. The highest BCUT2D eigenvalue weighted by Crippen LogP contribution is 2.40. The minimum absolute atomic E-state index is 0.0753. The van der Waals surface area contributed by atoms with Crippen LogP contribution < -0.4 is 4.74 Å². The maximum Gasteiger partial charge on any atom is 0.276 e. The molecule has 2 aliphatic rings. The summed E-state index contributed by atoms with van der Waals surface area (Å²) in [5.74, 6) is 1.77. The van der Waals surface area contributed by atoms with Crippen LogP contribution in [0.15, 0.2) is 29.0 Å². The van der Waals surface area contributed by atoms with Gasteiger partial charge in [-0.2, -0.15) is 0 Å². The molecule has 2 fully saturated rings. The van der Waals surface area contributed by atoms with Crippen LogP contribution in [0, 0.1) is 0 Å². The molecule has 0 N–H and O–H groups in total. The number of hydrogen-bond donors (Lipinski definition) is 0. The fourth-order valence-corrected chi connectivity index (χ4v) is 2.92. The van der Waals surface area contributed by atoms with Gasteiger partial charge in [-0.3, -0.25) is 9.78 Å². The Balaban J connectivity index is 1.39. The number of halogens is 1. The fraction of sp³-hybridized carbons (Fsp3) is 0.438. The van der Waals surface area contributed by atoms with Crippen molar-refractivity contribution in [2.45, 2.75) is 31.3 Å². The standard InChI is InChI=1S/C16H16ClN3O3/c17-12-8-18-5-3-14(12)22-11-4-6-20(9-11)16(21)13-7-15(23-19-13)10-1-2-10/h3,5,7-8,10-11H,1-2,4,6,9H2. The molecule has 3 heterocycles. The first-order chi connectivity index (χ1) is 11.2. The maximum absolute atomic E-state index is 12.5. The monoisotopic (exact) mass is 333 g/mol. The zero-order valence-corrected chi connectivity index (χ0v) is 13.2. The third kappa shape index (κ3) is 3.03. The van der Waals surface area contributed by atoms with E-state index in [0.29, 0.717) is 35.5 Å². The molecule has 1 unspecified atom stereocenters. The molecule has 6 nitrogen and oxygen atoms in total. The Bertz CT molecular complexity index is 729. The van der Waals surface area contributed by atoms with Crippen LogP contribution in [0.2, 0.25) is 5.02 Å². The molecule has 1 atom stereocenters. The molecule has 1 amide bonds. The van der Waals surface area contributed by atoms with Crippen molar-refractivity contribution in [3.05, 3.63) is 41.0 Å². The summed E-state index contributed by atoms with van der Waals surface area (Å²) >= 11 is 6.05. The number of rotatable bonds is 4. The Labute approximate surface area is 138 Å². The number of hydrogen-bond acceptors (Lipinski definition) is 5. The first kappa shape index (κ1) is 14.5. The van der Waals surface area contributed by atoms with E-state index in [4.69, 9.17) is 20.9 Å². The van der Waals surface area contributed by atoms with Crippen LogP contribution in [0.5, 0.6) is 5.75 Å². The van der Waals surface area contributed by atoms with Crippen LogP contribution in [-0.2, 0) is 0 Å². The van der Waals surface area contributed by atoms with E-state index in [1.54, 1.807) is 29.4 Å². The largest absolute Gasteiger partial charge is 0.487 e. The number of pyridine rings is 1. The van der Waals surface area contributed by atoms with Crippen LogP contribution in [-0.4, -0.2) is 40.1 Å². The zero-order valence-electron chi connectivity index (χ0n) is 12.4. The van der Waals surface area contributed by atoms with Crippen LogP contribution >= 0.6 is 11.6 Å². The van der Waals surface area contributed by atoms with Crippen molar-refractivity contribution in [3.63, 3.8) is 0 Å². The molecule has 0 spiro atoms. The quantitative estimate of drug-likeness (QED) is 0.860. The van der Waals surface area contributed by atoms with Gasteiger partial charge in [0.05, 0.1) is 6.54 Å². The van der Waals surface area contributed by atoms with E-state index < -0.39 is 0 Å². The second-order valence-corrected chi connectivity index (χ2v) is 6.38. The number of ether oxygens (including phenoxy) is 1. The van der Waals surface area contributed by atoms with E-state index in [2.05, 4.69) is 10.1 Å². The molecule has 23 heavy (non-hydrogen) atoms. The Hall–Kier alpha value is -2.08. The number of carbonyl (C=O) groups is 1. The van der Waals surface area contributed by atoms with Crippen molar-refractivity contribution >= 4 is 17.5 Å². The predicted molar refractivity (Wildman–Crippen MR) is 82.7 cm³/mol. The minimum atomic E-state index is -0.104. The number of amides is 1. The van der Waals surface area contributed by atoms with Crippen LogP contribution in [0.3, 0.4) is 0 Å². The van der Waals surface area contributed by atoms with Gasteiger partial charge in [0, 0.05) is 43.4 Å². The summed E-state index contributed by atoms with van der Waals surface area (Å²) in [5.41, 5.74) is 0.384. The molecule has 7 heteroatoms. The molecular weight excluding hydrogens is 318 g/mol. The average Bonchev–Trinajstić information content (AvgIpc) is 3.11. The SMILES string of the molecule is O=C(c1cc(C2CC2)on1)N1CCC(Oc2ccncc2Cl)C1. The van der Waals surface area contributed by atoms with Gasteiger partial charge in [0.25, 0.3) is 5.91 Å². The van der Waals surface area contributed by atoms with Crippen molar-refractivity contribution in [1.82, 2.24) is 15.0 Å². The Kier molecular flexibility index (Phi) is 3.69. The van der Waals surface area contributed by atoms with E-state index in [9.17, 15) is 4.79 Å². The van der Waals surface area contributed by atoms with E-state index in [-0.39, 0.29) is 12.0 Å². The van der Waals surface area contributed by atoms with Crippen molar-refractivity contribution in [3.8, 4) is 5.75 Å². The van der Waals surface area contributed by atoms with Crippen molar-refractivity contribution < 1.29 is 14.1 Å². The summed E-state index contributed by atoms with van der Waals surface area (Å²) in [5, 5.41) is 4.38. The molecule has 0 radical (unpaired) electrons. The summed E-state index contributed by atoms with van der Waals surface area (Å²) in [6.45, 7) is 1.15. The van der Waals surface area contributed by atoms with Crippen molar-refractivity contribution in [2.75, 3.05) is 13.1 Å². The lowest BCUT2D eigenvalue weighted by Crippen LogP contribution is -2.31. The average molecular weight is 334 g/mol. The van der Waals surface area contributed by atoms with Crippen molar-refractivity contribution in [2.24, 2.45) is 0 Å². The highest BCUT2D eigenvalue weighted by atomic mass is 35.5. The molecule has 0 aromatic carbocycles. The molecule has 1 saturated carbocycles. The highest BCUT2D eigenvalue weighted by Gasteiger charge is 2.33. The number of nitrogens with zero attached hydrogens (tertiary/aromatic N) is 3. The van der Waals surface area contributed by atoms with Gasteiger partial charge in [-0.25, -0.2) is 0 Å². The maximum atomic E-state index is 12.5. The van der Waals surface area contributed by atoms with E-state index in [1.165, 1.54) is 0 Å². The summed E-state index contributed by atoms with van der Waals surface area (Å²) in [6, 6.07) is 3.50. The zero-order chi connectivity index (χ0) is 15.8. The second kappa shape index (κ2) is 5.85. The lowest BCUT2D eigenvalue weighted by molar-refractivity contribution is 0.0762. The lowest BCUT2D eigenvalue weighted by Gasteiger charge is -2.16. The first-order valence-electron chi connectivity index (χ1n) is 7.73. The van der Waals surface area contributed by atoms with Gasteiger partial charge in [0.1, 0.15) is 22.6 Å². The Morgan fingerprint density at radius 2 is 2.26 bits per heavy atom. The van der Waals surface area contributed by atoms with Gasteiger partial charge in [-0.15, -0.1) is 0 Å². The van der Waals surface area contributed by atoms with Crippen molar-refractivity contribution in [1.29, 1.82) is 0 Å². The fourth-order valence-electron chi connectivity index (χ4n) is 2.76. The number of carbonyl (C=O) groups excluding carboxylic acids is 1. The van der Waals surface area contributed by atoms with Gasteiger partial charge >= 0.3 is 0 Å². The van der Waals surface area contributed by atoms with E-state index >= 15 is 0 Å². The number of likely N-dealkylation sites (tertiary alicyclic amines) is 1. The van der Waals surface area contributed by atoms with E-state index in [1.807, 2.05) is 0 Å². The van der Waals surface area contributed by atoms with Gasteiger partial charge < -0.3 is 14.2 Å². The summed E-state index contributed by atoms with van der Waals surface area (Å²) in [4.78, 5) is 18.2. The summed E-state index contributed by atoms with van der Waals surface area (Å²) in [7, 11) is 0. The van der Waals surface area contributed by atoms with Crippen LogP contribution in [0.25, 0.3) is 0 Å². The molecule has 1 aliphatic carbocycles. The molecule has 2 aromatic heterocycles. The molecule has 1 saturated heterocycles. The van der Waals surface area contributed by atoms with Gasteiger partial charge in [-0.1, -0.05) is 16.8 Å². The normalized spacial score (nSPS) is 20.7. The second-order valence-electron chi connectivity index (χ2n) is 5.97. The first-order valence-corrected chi connectivity index (χ1v) is 8.10. The molecule has 2 aromatic rings. The molecular formula is C16H16ClN3O3. The third-order valence-corrected chi connectivity index (χ3v) is 4.47. The van der Waals surface area contributed by atoms with E-state index in [0.717, 1.165) is 25.0 Å². The predicted octanol–water partition coefficient (Wildman–Crippen LogP) is 2.89. The summed E-state index contributed by atoms with van der Waals surface area (Å²) < 4.78 is 11.1. The third-order valence-electron chi connectivity index (χ3n) is 4.19. The van der Waals surface area contributed by atoms with Crippen LogP contribution in [0.1, 0.15) is 41.4 Å². The molecule has 0 bridgehead atoms. The van der Waals surface area contributed by atoms with Gasteiger partial charge in [0.15, 0.2) is 5.69 Å². The lowest BCUT2D eigenvalue weighted by atomic mass is 10.2. The molecule has 4 rings (SSSR count). The van der Waals surface area contributed by atoms with Gasteiger partial charge in [-0.05, 0) is 12.8 Å². The molecule has 1 aliphatic heterocycles. The minimum Gasteiger partial charge on any atom is -0.487 e. The number of aromatic nitrogens is 2. The van der Waals surface area contributed by atoms with Crippen LogP contribution in [0.4, 0.5) is 0 Å². The summed E-state index contributed by atoms with van der Waals surface area (Å²) in [6.07, 6.45) is 6.10. The molecule has 120 valence electrons. The van der Waals surface area contributed by atoms with Gasteiger partial charge in [0.2, 0.25) is 0 Å². The topological polar surface area (TPSA) is 68.5 Å².